The van der Waals surface area contributed by atoms with E-state index >= 15 is 0 Å². The molecule has 0 saturated carbocycles. The minimum Gasteiger partial charge on any atom is -0.493 e. The highest BCUT2D eigenvalue weighted by Crippen LogP contribution is 2.29. The number of aryl methyl sites for hydroxylation is 1. The Morgan fingerprint density at radius 1 is 1.26 bits per heavy atom. The van der Waals surface area contributed by atoms with Gasteiger partial charge in [-0.15, -0.1) is 11.8 Å². The maximum Gasteiger partial charge on any atom is 0.268 e. The van der Waals surface area contributed by atoms with Gasteiger partial charge in [-0.05, 0) is 24.1 Å². The number of thioether (sulfide) groups is 2. The van der Waals surface area contributed by atoms with Crippen molar-refractivity contribution < 1.29 is 19.0 Å². The highest BCUT2D eigenvalue weighted by Gasteiger charge is 2.22. The molecule has 0 atom stereocenters. The molecule has 0 bridgehead atoms. The van der Waals surface area contributed by atoms with E-state index in [2.05, 4.69) is 10.3 Å². The number of rotatable bonds is 11. The summed E-state index contributed by atoms with van der Waals surface area (Å²) in [6.45, 7) is 1.33. The van der Waals surface area contributed by atoms with Crippen LogP contribution in [0.5, 0.6) is 11.5 Å². The van der Waals surface area contributed by atoms with E-state index in [0.29, 0.717) is 42.8 Å². The van der Waals surface area contributed by atoms with Crippen molar-refractivity contribution in [2.24, 2.45) is 0 Å². The van der Waals surface area contributed by atoms with Crippen LogP contribution in [0.4, 0.5) is 0 Å². The van der Waals surface area contributed by atoms with Crippen LogP contribution in [-0.4, -0.2) is 61.4 Å². The summed E-state index contributed by atoms with van der Waals surface area (Å²) in [5.41, 5.74) is 1.83. The topological polar surface area (TPSA) is 91.7 Å². The van der Waals surface area contributed by atoms with Crippen molar-refractivity contribution >= 4 is 29.4 Å². The van der Waals surface area contributed by atoms with Gasteiger partial charge in [0.2, 0.25) is 5.91 Å². The second kappa shape index (κ2) is 11.4. The summed E-state index contributed by atoms with van der Waals surface area (Å²) in [6, 6.07) is 5.70. The number of aromatic nitrogens is 2. The zero-order valence-corrected chi connectivity index (χ0v) is 19.6. The third-order valence-corrected chi connectivity index (χ3v) is 6.87. The second-order valence-electron chi connectivity index (χ2n) is 6.80. The van der Waals surface area contributed by atoms with E-state index in [4.69, 9.17) is 14.2 Å². The molecule has 31 heavy (non-hydrogen) atoms. The molecule has 3 rings (SSSR count). The van der Waals surface area contributed by atoms with Gasteiger partial charge in [-0.25, -0.2) is 4.98 Å². The van der Waals surface area contributed by atoms with Gasteiger partial charge in [0, 0.05) is 25.8 Å². The van der Waals surface area contributed by atoms with Gasteiger partial charge in [-0.3, -0.25) is 14.2 Å². The van der Waals surface area contributed by atoms with Crippen LogP contribution < -0.4 is 20.3 Å². The quantitative estimate of drug-likeness (QED) is 0.398. The Kier molecular flexibility index (Phi) is 8.68. The second-order valence-corrected chi connectivity index (χ2v) is 8.84. The van der Waals surface area contributed by atoms with Gasteiger partial charge in [0.25, 0.3) is 5.56 Å². The van der Waals surface area contributed by atoms with Crippen molar-refractivity contribution in [2.45, 2.75) is 29.4 Å². The van der Waals surface area contributed by atoms with Crippen LogP contribution in [0.25, 0.3) is 0 Å². The molecular weight excluding hydrogens is 438 g/mol. The molecule has 0 radical (unpaired) electrons. The Hall–Kier alpha value is -2.17. The summed E-state index contributed by atoms with van der Waals surface area (Å²) in [5, 5.41) is 3.49. The third-order valence-electron chi connectivity index (χ3n) is 4.78. The number of hydrogen-bond donors (Lipinski definition) is 1. The zero-order valence-electron chi connectivity index (χ0n) is 17.9. The Morgan fingerprint density at radius 2 is 2.06 bits per heavy atom. The molecule has 10 heteroatoms. The van der Waals surface area contributed by atoms with Crippen LogP contribution >= 0.6 is 23.5 Å². The fourth-order valence-electron chi connectivity index (χ4n) is 3.18. The normalized spacial score (nSPS) is 12.5. The van der Waals surface area contributed by atoms with E-state index in [1.54, 1.807) is 37.7 Å². The van der Waals surface area contributed by atoms with Gasteiger partial charge in [0.1, 0.15) is 0 Å². The summed E-state index contributed by atoms with van der Waals surface area (Å²) < 4.78 is 17.3. The molecule has 168 valence electrons. The number of fused-ring (bicyclic) bond motifs is 1. The van der Waals surface area contributed by atoms with Gasteiger partial charge in [-0.1, -0.05) is 17.8 Å². The molecule has 1 aliphatic rings. The van der Waals surface area contributed by atoms with E-state index in [1.807, 2.05) is 18.2 Å². The first kappa shape index (κ1) is 23.5. The summed E-state index contributed by atoms with van der Waals surface area (Å²) in [6.07, 6.45) is 1.45. The number of methoxy groups -OCH3 is 3. The predicted octanol–water partition coefficient (Wildman–Crippen LogP) is 2.01. The van der Waals surface area contributed by atoms with Crippen LogP contribution in [0.3, 0.4) is 0 Å². The molecule has 0 unspecified atom stereocenters. The van der Waals surface area contributed by atoms with Crippen LogP contribution in [0.1, 0.15) is 11.3 Å². The van der Waals surface area contributed by atoms with E-state index in [9.17, 15) is 9.59 Å². The highest BCUT2D eigenvalue weighted by atomic mass is 32.2. The minimum absolute atomic E-state index is 0.0408. The lowest BCUT2D eigenvalue weighted by Crippen LogP contribution is -2.29. The average Bonchev–Trinajstić information content (AvgIpc) is 3.26. The fourth-order valence-corrected chi connectivity index (χ4v) is 5.09. The molecule has 2 aromatic rings. The summed E-state index contributed by atoms with van der Waals surface area (Å²) in [5.74, 6) is 2.29. The largest absolute Gasteiger partial charge is 0.493 e. The fraction of sp³-hybridized carbons (Fsp3) is 0.476. The lowest BCUT2D eigenvalue weighted by Gasteiger charge is -2.13. The number of ether oxygens (including phenoxy) is 3. The summed E-state index contributed by atoms with van der Waals surface area (Å²) >= 11 is 2.83. The summed E-state index contributed by atoms with van der Waals surface area (Å²) in [4.78, 5) is 30.5. The number of amides is 1. The lowest BCUT2D eigenvalue weighted by molar-refractivity contribution is -0.118. The van der Waals surface area contributed by atoms with Crippen molar-refractivity contribution in [3.05, 3.63) is 39.8 Å². The molecule has 1 aromatic carbocycles. The van der Waals surface area contributed by atoms with Crippen LogP contribution in [-0.2, 0) is 28.9 Å². The van der Waals surface area contributed by atoms with E-state index < -0.39 is 0 Å². The van der Waals surface area contributed by atoms with E-state index in [1.165, 1.54) is 11.8 Å². The van der Waals surface area contributed by atoms with Crippen molar-refractivity contribution in [3.8, 4) is 11.5 Å². The Balaban J connectivity index is 1.56. The van der Waals surface area contributed by atoms with Gasteiger partial charge in [-0.2, -0.15) is 0 Å². The van der Waals surface area contributed by atoms with Crippen LogP contribution in [0, 0.1) is 0 Å². The van der Waals surface area contributed by atoms with Crippen molar-refractivity contribution in [1.29, 1.82) is 0 Å². The summed E-state index contributed by atoms with van der Waals surface area (Å²) in [7, 11) is 4.79. The number of nitrogens with one attached hydrogen (secondary N) is 1. The molecule has 0 saturated heterocycles. The maximum atomic E-state index is 12.8. The zero-order chi connectivity index (χ0) is 22.2. The molecular formula is C21H27N3O5S2. The molecule has 0 fully saturated rings. The first-order chi connectivity index (χ1) is 15.1. The Bertz CT molecular complexity index is 980. The number of carbonyl (C=O) groups is 1. The Labute approximate surface area is 190 Å². The molecule has 0 aliphatic carbocycles. The Morgan fingerprint density at radius 3 is 2.81 bits per heavy atom. The SMILES string of the molecule is COCCn1c(SCC(=O)NCCc2ccc(OC)c(OC)c2)nc2c(c1=O)SCC2. The molecule has 1 N–H and O–H groups in total. The lowest BCUT2D eigenvalue weighted by atomic mass is 10.1. The third kappa shape index (κ3) is 5.96. The van der Waals surface area contributed by atoms with Gasteiger partial charge >= 0.3 is 0 Å². The predicted molar refractivity (Wildman–Crippen MR) is 122 cm³/mol. The maximum absolute atomic E-state index is 12.8. The average molecular weight is 466 g/mol. The molecule has 0 spiro atoms. The minimum atomic E-state index is -0.104. The smallest absolute Gasteiger partial charge is 0.268 e. The first-order valence-corrected chi connectivity index (χ1v) is 11.9. The monoisotopic (exact) mass is 465 g/mol. The number of benzene rings is 1. The molecule has 1 aliphatic heterocycles. The van der Waals surface area contributed by atoms with Crippen molar-refractivity contribution in [1.82, 2.24) is 14.9 Å². The molecule has 1 aromatic heterocycles. The van der Waals surface area contributed by atoms with Crippen LogP contribution in [0.2, 0.25) is 0 Å². The molecule has 1 amide bonds. The van der Waals surface area contributed by atoms with Gasteiger partial charge in [0.15, 0.2) is 16.7 Å². The highest BCUT2D eigenvalue weighted by molar-refractivity contribution is 8.00. The van der Waals surface area contributed by atoms with E-state index in [0.717, 1.165) is 28.3 Å². The molecule has 8 nitrogen and oxygen atoms in total. The standard InChI is InChI=1S/C21H27N3O5S2/c1-27-10-9-24-20(26)19-15(7-11-30-19)23-21(24)31-13-18(25)22-8-6-14-4-5-16(28-2)17(12-14)29-3/h4-5,12H,6-11,13H2,1-3H3,(H,22,25). The first-order valence-electron chi connectivity index (χ1n) is 9.93. The van der Waals surface area contributed by atoms with Gasteiger partial charge < -0.3 is 19.5 Å². The number of carbonyl (C=O) groups excluding carboxylic acids is 1. The van der Waals surface area contributed by atoms with Crippen LogP contribution in [0.15, 0.2) is 33.0 Å². The number of hydrogen-bond acceptors (Lipinski definition) is 8. The van der Waals surface area contributed by atoms with E-state index in [-0.39, 0.29) is 17.2 Å². The van der Waals surface area contributed by atoms with Crippen molar-refractivity contribution in [2.75, 3.05) is 46.0 Å². The van der Waals surface area contributed by atoms with Gasteiger partial charge in [0.05, 0.1) is 43.7 Å². The van der Waals surface area contributed by atoms with Crippen molar-refractivity contribution in [3.63, 3.8) is 0 Å². The molecule has 2 heterocycles. The number of nitrogens with zero attached hydrogens (tertiary/aromatic N) is 2.